The predicted octanol–water partition coefficient (Wildman–Crippen LogP) is 1.87. The van der Waals surface area contributed by atoms with Crippen LogP contribution in [0.15, 0.2) is 0 Å². The minimum atomic E-state index is -1.50. The first-order chi connectivity index (χ1) is 9.82. The SMILES string of the molecule is CCCCCCCCCCN(C(=N)N)C(=N)N.O=[N+]([O-])O. The normalized spacial score (nSPS) is 9.38. The molecule has 0 unspecified atom stereocenters. The average Bonchev–Trinajstić information content (AvgIpc) is 2.35. The molecule has 0 aromatic carbocycles. The summed E-state index contributed by atoms with van der Waals surface area (Å²) in [6.07, 6.45) is 9.82. The van der Waals surface area contributed by atoms with Gasteiger partial charge in [-0.3, -0.25) is 15.7 Å². The van der Waals surface area contributed by atoms with Gasteiger partial charge in [-0.1, -0.05) is 51.9 Å². The van der Waals surface area contributed by atoms with Crippen LogP contribution in [-0.4, -0.2) is 33.7 Å². The van der Waals surface area contributed by atoms with Crippen LogP contribution in [0.25, 0.3) is 0 Å². The van der Waals surface area contributed by atoms with E-state index in [1.165, 1.54) is 43.4 Å². The second kappa shape index (κ2) is 14.4. The van der Waals surface area contributed by atoms with Gasteiger partial charge in [0.15, 0.2) is 11.9 Å². The smallest absolute Gasteiger partial charge is 0.291 e. The van der Waals surface area contributed by atoms with Crippen molar-refractivity contribution >= 4 is 11.9 Å². The minimum absolute atomic E-state index is 0.138. The van der Waals surface area contributed by atoms with Gasteiger partial charge in [0.25, 0.3) is 5.09 Å². The Balaban J connectivity index is 0. The number of hydrogen-bond donors (Lipinski definition) is 5. The van der Waals surface area contributed by atoms with Crippen LogP contribution in [0.5, 0.6) is 0 Å². The van der Waals surface area contributed by atoms with Crippen molar-refractivity contribution in [2.24, 2.45) is 11.5 Å². The topological polar surface area (TPSA) is 166 Å². The van der Waals surface area contributed by atoms with Crippen molar-refractivity contribution < 1.29 is 10.3 Å². The second-order valence-electron chi connectivity index (χ2n) is 4.63. The Hall–Kier alpha value is -2.06. The Labute approximate surface area is 125 Å². The number of nitrogens with two attached hydrogens (primary N) is 2. The third-order valence-electron chi connectivity index (χ3n) is 2.82. The molecule has 9 heteroatoms. The van der Waals surface area contributed by atoms with E-state index in [-0.39, 0.29) is 11.9 Å². The Morgan fingerprint density at radius 3 is 1.71 bits per heavy atom. The van der Waals surface area contributed by atoms with E-state index >= 15 is 0 Å². The molecular weight excluding hydrogens is 276 g/mol. The molecular formula is C12H28N6O3. The summed E-state index contributed by atoms with van der Waals surface area (Å²) < 4.78 is 0. The molecule has 124 valence electrons. The maximum Gasteiger partial charge on any atom is 0.291 e. The Bertz CT molecular complexity index is 293. The highest BCUT2D eigenvalue weighted by Gasteiger charge is 2.08. The molecule has 9 nitrogen and oxygen atoms in total. The highest BCUT2D eigenvalue weighted by molar-refractivity contribution is 5.94. The van der Waals surface area contributed by atoms with Crippen LogP contribution in [0.3, 0.4) is 0 Å². The van der Waals surface area contributed by atoms with Gasteiger partial charge >= 0.3 is 0 Å². The molecule has 0 spiro atoms. The fraction of sp³-hybridized carbons (Fsp3) is 0.833. The van der Waals surface area contributed by atoms with Gasteiger partial charge < -0.3 is 16.7 Å². The lowest BCUT2D eigenvalue weighted by Crippen LogP contribution is -2.45. The Kier molecular flexibility index (Phi) is 14.5. The molecule has 0 saturated carbocycles. The molecule has 0 heterocycles. The van der Waals surface area contributed by atoms with Gasteiger partial charge in [0.05, 0.1) is 0 Å². The van der Waals surface area contributed by atoms with E-state index in [0.717, 1.165) is 12.8 Å². The molecule has 0 atom stereocenters. The van der Waals surface area contributed by atoms with Crippen LogP contribution in [0, 0.1) is 20.9 Å². The van der Waals surface area contributed by atoms with Crippen LogP contribution < -0.4 is 11.5 Å². The summed E-state index contributed by atoms with van der Waals surface area (Å²) in [5.41, 5.74) is 10.6. The van der Waals surface area contributed by atoms with Gasteiger partial charge in [-0.05, 0) is 6.42 Å². The summed E-state index contributed by atoms with van der Waals surface area (Å²) in [5, 5.41) is 28.2. The molecule has 21 heavy (non-hydrogen) atoms. The third kappa shape index (κ3) is 17.9. The molecule has 0 rings (SSSR count). The maximum atomic E-state index is 8.36. The average molecular weight is 304 g/mol. The summed E-state index contributed by atoms with van der Waals surface area (Å²) in [4.78, 5) is 9.69. The van der Waals surface area contributed by atoms with E-state index in [0.29, 0.717) is 6.54 Å². The minimum Gasteiger partial charge on any atom is -0.370 e. The van der Waals surface area contributed by atoms with E-state index in [4.69, 9.17) is 37.6 Å². The summed E-state index contributed by atoms with van der Waals surface area (Å²) in [5.74, 6) is -0.277. The van der Waals surface area contributed by atoms with Crippen LogP contribution in [0.1, 0.15) is 58.3 Å². The van der Waals surface area contributed by atoms with Crippen molar-refractivity contribution in [3.63, 3.8) is 0 Å². The van der Waals surface area contributed by atoms with Crippen LogP contribution in [0.4, 0.5) is 0 Å². The van der Waals surface area contributed by atoms with Crippen molar-refractivity contribution in [3.8, 4) is 0 Å². The molecule has 0 saturated heterocycles. The first kappa shape index (κ1) is 21.2. The fourth-order valence-corrected chi connectivity index (χ4v) is 1.77. The molecule has 0 aliphatic carbocycles. The Morgan fingerprint density at radius 2 is 1.38 bits per heavy atom. The van der Waals surface area contributed by atoms with Gasteiger partial charge in [-0.2, -0.15) is 0 Å². The Morgan fingerprint density at radius 1 is 1.05 bits per heavy atom. The van der Waals surface area contributed by atoms with E-state index < -0.39 is 5.09 Å². The molecule has 0 aliphatic rings. The zero-order valence-corrected chi connectivity index (χ0v) is 12.7. The van der Waals surface area contributed by atoms with Crippen molar-refractivity contribution in [2.45, 2.75) is 58.3 Å². The van der Waals surface area contributed by atoms with Crippen LogP contribution in [-0.2, 0) is 0 Å². The molecule has 0 fully saturated rings. The van der Waals surface area contributed by atoms with E-state index in [9.17, 15) is 0 Å². The van der Waals surface area contributed by atoms with Crippen molar-refractivity contribution in [1.29, 1.82) is 10.8 Å². The van der Waals surface area contributed by atoms with Crippen molar-refractivity contribution in [3.05, 3.63) is 10.1 Å². The number of rotatable bonds is 9. The van der Waals surface area contributed by atoms with Crippen molar-refractivity contribution in [1.82, 2.24) is 4.90 Å². The highest BCUT2D eigenvalue weighted by Crippen LogP contribution is 2.08. The number of guanidine groups is 2. The van der Waals surface area contributed by atoms with Crippen LogP contribution in [0.2, 0.25) is 0 Å². The molecule has 0 amide bonds. The first-order valence-electron chi connectivity index (χ1n) is 7.11. The van der Waals surface area contributed by atoms with E-state index in [2.05, 4.69) is 6.92 Å². The number of hydrogen-bond acceptors (Lipinski definition) is 4. The second-order valence-corrected chi connectivity index (χ2v) is 4.63. The lowest BCUT2D eigenvalue weighted by atomic mass is 10.1. The van der Waals surface area contributed by atoms with Gasteiger partial charge in [0.1, 0.15) is 0 Å². The molecule has 0 radical (unpaired) electrons. The quantitative estimate of drug-likeness (QED) is 0.143. The highest BCUT2D eigenvalue weighted by atomic mass is 16.9. The maximum absolute atomic E-state index is 8.36. The number of nitrogens with one attached hydrogen (secondary N) is 2. The third-order valence-corrected chi connectivity index (χ3v) is 2.82. The van der Waals surface area contributed by atoms with Gasteiger partial charge in [-0.25, -0.2) is 0 Å². The monoisotopic (exact) mass is 304 g/mol. The van der Waals surface area contributed by atoms with Gasteiger partial charge in [0.2, 0.25) is 0 Å². The lowest BCUT2D eigenvalue weighted by molar-refractivity contribution is -0.742. The zero-order valence-electron chi connectivity index (χ0n) is 12.7. The van der Waals surface area contributed by atoms with E-state index in [1.807, 2.05) is 0 Å². The largest absolute Gasteiger partial charge is 0.370 e. The molecule has 7 N–H and O–H groups in total. The van der Waals surface area contributed by atoms with Gasteiger partial charge in [-0.15, -0.1) is 10.1 Å². The molecule has 0 aliphatic heterocycles. The van der Waals surface area contributed by atoms with Crippen molar-refractivity contribution in [2.75, 3.05) is 6.54 Å². The number of nitrogens with zero attached hydrogens (tertiary/aromatic N) is 2. The van der Waals surface area contributed by atoms with Gasteiger partial charge in [0, 0.05) is 6.54 Å². The van der Waals surface area contributed by atoms with Crippen LogP contribution >= 0.6 is 0 Å². The lowest BCUT2D eigenvalue weighted by Gasteiger charge is -2.19. The first-order valence-corrected chi connectivity index (χ1v) is 7.11. The predicted molar refractivity (Wildman–Crippen MR) is 81.9 cm³/mol. The fourth-order valence-electron chi connectivity index (χ4n) is 1.77. The van der Waals surface area contributed by atoms with E-state index in [1.54, 1.807) is 0 Å². The summed E-state index contributed by atoms with van der Waals surface area (Å²) in [6.45, 7) is 2.80. The number of unbranched alkanes of at least 4 members (excludes halogenated alkanes) is 7. The molecule has 0 aromatic rings. The zero-order chi connectivity index (χ0) is 16.7. The summed E-state index contributed by atoms with van der Waals surface area (Å²) >= 11 is 0. The molecule has 0 bridgehead atoms. The molecule has 0 aromatic heterocycles. The standard InChI is InChI=1S/C12H27N5.HNO3/c1-2-3-4-5-6-7-8-9-10-17(11(13)14)12(15)16;2-1(3)4/h2-10H2,1H3,(H3,13,14)(H3,15,16);(H,2,3,4). The summed E-state index contributed by atoms with van der Waals surface area (Å²) in [7, 11) is 0. The summed E-state index contributed by atoms with van der Waals surface area (Å²) in [6, 6.07) is 0.